The molecule has 1 N–H and O–H groups in total. The van der Waals surface area contributed by atoms with E-state index in [1.165, 1.54) is 0 Å². The van der Waals surface area contributed by atoms with Crippen molar-refractivity contribution in [1.82, 2.24) is 5.32 Å². The summed E-state index contributed by atoms with van der Waals surface area (Å²) in [6.45, 7) is 4.29. The Hall–Kier alpha value is -1.51. The predicted octanol–water partition coefficient (Wildman–Crippen LogP) is 2.88. The maximum atomic E-state index is 11.3. The molecule has 2 rings (SSSR count). The van der Waals surface area contributed by atoms with Crippen LogP contribution in [0.5, 0.6) is 0 Å². The number of hydrogen-bond acceptors (Lipinski definition) is 2. The van der Waals surface area contributed by atoms with E-state index in [4.69, 9.17) is 4.74 Å². The van der Waals surface area contributed by atoms with Gasteiger partial charge >= 0.3 is 6.09 Å². The number of cyclic esters (lactones) is 1. The van der Waals surface area contributed by atoms with Gasteiger partial charge in [-0.3, -0.25) is 0 Å². The number of carbonyl (C=O) groups is 1. The van der Waals surface area contributed by atoms with E-state index < -0.39 is 0 Å². The van der Waals surface area contributed by atoms with Gasteiger partial charge < -0.3 is 10.1 Å². The minimum Gasteiger partial charge on any atom is -0.439 e. The fourth-order valence-electron chi connectivity index (χ4n) is 2.09. The summed E-state index contributed by atoms with van der Waals surface area (Å²) in [6.07, 6.45) is 0.487. The van der Waals surface area contributed by atoms with Crippen molar-refractivity contribution in [3.8, 4) is 0 Å². The van der Waals surface area contributed by atoms with Crippen LogP contribution in [0.3, 0.4) is 0 Å². The van der Waals surface area contributed by atoms with Crippen LogP contribution in [0.15, 0.2) is 30.3 Å². The van der Waals surface area contributed by atoms with Gasteiger partial charge in [-0.2, -0.15) is 0 Å². The molecule has 1 heterocycles. The molecule has 0 radical (unpaired) electrons. The number of amides is 1. The molecule has 2 unspecified atom stereocenters. The lowest BCUT2D eigenvalue weighted by atomic mass is 9.95. The highest BCUT2D eigenvalue weighted by Gasteiger charge is 2.35. The fourth-order valence-corrected chi connectivity index (χ4v) is 2.09. The monoisotopic (exact) mass is 219 g/mol. The van der Waals surface area contributed by atoms with Gasteiger partial charge in [-0.05, 0) is 17.9 Å². The molecule has 0 bridgehead atoms. The predicted molar refractivity (Wildman–Crippen MR) is 62.0 cm³/mol. The van der Waals surface area contributed by atoms with E-state index in [0.717, 1.165) is 12.0 Å². The summed E-state index contributed by atoms with van der Waals surface area (Å²) < 4.78 is 5.31. The fraction of sp³-hybridized carbons (Fsp3) is 0.462. The second-order valence-electron chi connectivity index (χ2n) is 4.62. The normalized spacial score (nSPS) is 24.3. The topological polar surface area (TPSA) is 38.3 Å². The number of benzene rings is 1. The molecule has 1 aliphatic rings. The van der Waals surface area contributed by atoms with Crippen LogP contribution in [0.25, 0.3) is 0 Å². The molecule has 86 valence electrons. The molecule has 1 aromatic carbocycles. The van der Waals surface area contributed by atoms with Gasteiger partial charge in [0.2, 0.25) is 0 Å². The quantitative estimate of drug-likeness (QED) is 0.848. The third kappa shape index (κ3) is 2.35. The largest absolute Gasteiger partial charge is 0.439 e. The molecule has 1 fully saturated rings. The van der Waals surface area contributed by atoms with E-state index in [9.17, 15) is 4.79 Å². The standard InChI is InChI=1S/C13H17NO2/c1-9(2)8-11-12(16-13(15)14-11)10-6-4-3-5-7-10/h3-7,9,11-12H,8H2,1-2H3,(H,14,15). The van der Waals surface area contributed by atoms with E-state index in [-0.39, 0.29) is 18.2 Å². The van der Waals surface area contributed by atoms with Crippen molar-refractivity contribution >= 4 is 6.09 Å². The molecule has 0 saturated carbocycles. The van der Waals surface area contributed by atoms with Gasteiger partial charge in [0, 0.05) is 0 Å². The van der Waals surface area contributed by atoms with Gasteiger partial charge in [-0.1, -0.05) is 44.2 Å². The average Bonchev–Trinajstić information content (AvgIpc) is 2.60. The zero-order valence-corrected chi connectivity index (χ0v) is 9.64. The number of ether oxygens (including phenoxy) is 1. The highest BCUT2D eigenvalue weighted by molar-refractivity contribution is 5.70. The maximum absolute atomic E-state index is 11.3. The molecule has 1 aliphatic heterocycles. The van der Waals surface area contributed by atoms with Crippen molar-refractivity contribution in [3.05, 3.63) is 35.9 Å². The minimum absolute atomic E-state index is 0.0925. The lowest BCUT2D eigenvalue weighted by Crippen LogP contribution is -2.29. The molecule has 1 aromatic rings. The maximum Gasteiger partial charge on any atom is 0.408 e. The Morgan fingerprint density at radius 2 is 2.00 bits per heavy atom. The van der Waals surface area contributed by atoms with Gasteiger partial charge in [-0.15, -0.1) is 0 Å². The summed E-state index contributed by atoms with van der Waals surface area (Å²) in [5, 5.41) is 2.87. The zero-order valence-electron chi connectivity index (χ0n) is 9.64. The van der Waals surface area contributed by atoms with Crippen LogP contribution in [0.4, 0.5) is 4.79 Å². The smallest absolute Gasteiger partial charge is 0.408 e. The SMILES string of the molecule is CC(C)CC1NC(=O)OC1c1ccccc1. The van der Waals surface area contributed by atoms with E-state index in [1.54, 1.807) is 0 Å². The third-order valence-corrected chi connectivity index (χ3v) is 2.76. The minimum atomic E-state index is -0.306. The summed E-state index contributed by atoms with van der Waals surface area (Å²) in [5.41, 5.74) is 1.06. The van der Waals surface area contributed by atoms with Crippen molar-refractivity contribution < 1.29 is 9.53 Å². The van der Waals surface area contributed by atoms with Gasteiger partial charge in [0.15, 0.2) is 0 Å². The van der Waals surface area contributed by atoms with Crippen molar-refractivity contribution in [1.29, 1.82) is 0 Å². The summed E-state index contributed by atoms with van der Waals surface area (Å²) in [6, 6.07) is 9.98. The summed E-state index contributed by atoms with van der Waals surface area (Å²) in [5.74, 6) is 0.540. The van der Waals surface area contributed by atoms with Crippen LogP contribution in [-0.2, 0) is 4.74 Å². The van der Waals surface area contributed by atoms with E-state index >= 15 is 0 Å². The molecule has 0 spiro atoms. The summed E-state index contributed by atoms with van der Waals surface area (Å²) in [7, 11) is 0. The summed E-state index contributed by atoms with van der Waals surface area (Å²) in [4.78, 5) is 11.3. The Bertz CT molecular complexity index is 361. The molecule has 3 heteroatoms. The Labute approximate surface area is 95.8 Å². The average molecular weight is 219 g/mol. The first-order valence-corrected chi connectivity index (χ1v) is 5.69. The Kier molecular flexibility index (Phi) is 3.13. The number of alkyl carbamates (subject to hydrolysis) is 1. The van der Waals surface area contributed by atoms with Gasteiger partial charge in [-0.25, -0.2) is 4.79 Å². The Morgan fingerprint density at radius 3 is 2.62 bits per heavy atom. The Morgan fingerprint density at radius 1 is 1.31 bits per heavy atom. The number of rotatable bonds is 3. The second-order valence-corrected chi connectivity index (χ2v) is 4.62. The molecule has 2 atom stereocenters. The first kappa shape index (κ1) is 11.0. The first-order chi connectivity index (χ1) is 7.66. The number of carbonyl (C=O) groups excluding carboxylic acids is 1. The van der Waals surface area contributed by atoms with Crippen LogP contribution < -0.4 is 5.32 Å². The van der Waals surface area contributed by atoms with Crippen LogP contribution in [0, 0.1) is 5.92 Å². The van der Waals surface area contributed by atoms with Gasteiger partial charge in [0.1, 0.15) is 6.10 Å². The molecular weight excluding hydrogens is 202 g/mol. The molecule has 0 aliphatic carbocycles. The van der Waals surface area contributed by atoms with Gasteiger partial charge in [0.05, 0.1) is 6.04 Å². The van der Waals surface area contributed by atoms with Gasteiger partial charge in [0.25, 0.3) is 0 Å². The number of nitrogens with one attached hydrogen (secondary N) is 1. The zero-order chi connectivity index (χ0) is 11.5. The lowest BCUT2D eigenvalue weighted by molar-refractivity contribution is 0.129. The van der Waals surface area contributed by atoms with Crippen molar-refractivity contribution in [2.45, 2.75) is 32.4 Å². The van der Waals surface area contributed by atoms with Crippen molar-refractivity contribution in [2.75, 3.05) is 0 Å². The highest BCUT2D eigenvalue weighted by Crippen LogP contribution is 2.29. The first-order valence-electron chi connectivity index (χ1n) is 5.69. The van der Waals surface area contributed by atoms with E-state index in [2.05, 4.69) is 19.2 Å². The molecular formula is C13H17NO2. The summed E-state index contributed by atoms with van der Waals surface area (Å²) >= 11 is 0. The van der Waals surface area contributed by atoms with E-state index in [1.807, 2.05) is 30.3 Å². The molecule has 16 heavy (non-hydrogen) atoms. The molecule has 3 nitrogen and oxygen atoms in total. The van der Waals surface area contributed by atoms with Crippen LogP contribution in [0.1, 0.15) is 31.9 Å². The van der Waals surface area contributed by atoms with Crippen LogP contribution >= 0.6 is 0 Å². The van der Waals surface area contributed by atoms with Crippen LogP contribution in [-0.4, -0.2) is 12.1 Å². The molecule has 1 amide bonds. The molecule has 1 saturated heterocycles. The van der Waals surface area contributed by atoms with E-state index in [0.29, 0.717) is 5.92 Å². The Balaban J connectivity index is 2.16. The van der Waals surface area contributed by atoms with Crippen LogP contribution in [0.2, 0.25) is 0 Å². The third-order valence-electron chi connectivity index (χ3n) is 2.76. The number of hydrogen-bond donors (Lipinski definition) is 1. The van der Waals surface area contributed by atoms with Crippen molar-refractivity contribution in [2.24, 2.45) is 5.92 Å². The van der Waals surface area contributed by atoms with Crippen molar-refractivity contribution in [3.63, 3.8) is 0 Å². The highest BCUT2D eigenvalue weighted by atomic mass is 16.6. The lowest BCUT2D eigenvalue weighted by Gasteiger charge is -2.18. The molecule has 0 aromatic heterocycles. The second kappa shape index (κ2) is 4.56.